The Bertz CT molecular complexity index is 1120. The number of amides is 2. The number of aryl methyl sites for hydroxylation is 1. The van der Waals surface area contributed by atoms with E-state index in [0.29, 0.717) is 31.6 Å². The van der Waals surface area contributed by atoms with Gasteiger partial charge in [0.2, 0.25) is 21.8 Å². The highest BCUT2D eigenvalue weighted by atomic mass is 32.2. The van der Waals surface area contributed by atoms with Gasteiger partial charge in [0.1, 0.15) is 0 Å². The second-order valence-electron chi connectivity index (χ2n) is 8.58. The molecule has 0 bridgehead atoms. The molecular formula is C24H29N3O4S. The third kappa shape index (κ3) is 4.86. The number of hydrogen-bond donors (Lipinski definition) is 2. The molecule has 1 saturated heterocycles. The van der Waals surface area contributed by atoms with Crippen LogP contribution in [0.5, 0.6) is 0 Å². The third-order valence-electron chi connectivity index (χ3n) is 6.27. The molecule has 32 heavy (non-hydrogen) atoms. The fraction of sp³-hybridized carbons (Fsp3) is 0.417. The maximum absolute atomic E-state index is 13.0. The molecule has 0 aliphatic carbocycles. The number of nitrogens with zero attached hydrogens (tertiary/aromatic N) is 1. The van der Waals surface area contributed by atoms with Crippen molar-refractivity contribution in [3.8, 4) is 0 Å². The summed E-state index contributed by atoms with van der Waals surface area (Å²) >= 11 is 0. The van der Waals surface area contributed by atoms with Crippen molar-refractivity contribution in [2.45, 2.75) is 50.3 Å². The Hall–Kier alpha value is -2.71. The van der Waals surface area contributed by atoms with Crippen LogP contribution in [0.1, 0.15) is 43.2 Å². The summed E-state index contributed by atoms with van der Waals surface area (Å²) in [5.74, 6) is -0.558. The molecule has 2 aliphatic heterocycles. The molecule has 2 aromatic rings. The zero-order valence-electron chi connectivity index (χ0n) is 18.3. The summed E-state index contributed by atoms with van der Waals surface area (Å²) in [7, 11) is -3.57. The van der Waals surface area contributed by atoms with Crippen molar-refractivity contribution in [1.82, 2.24) is 4.31 Å². The molecule has 7 nitrogen and oxygen atoms in total. The van der Waals surface area contributed by atoms with Crippen molar-refractivity contribution in [3.63, 3.8) is 0 Å². The van der Waals surface area contributed by atoms with Gasteiger partial charge < -0.3 is 10.6 Å². The average molecular weight is 456 g/mol. The predicted octanol–water partition coefficient (Wildman–Crippen LogP) is 3.70. The van der Waals surface area contributed by atoms with Crippen molar-refractivity contribution < 1.29 is 18.0 Å². The minimum Gasteiger partial charge on any atom is -0.326 e. The minimum atomic E-state index is -3.57. The van der Waals surface area contributed by atoms with E-state index in [9.17, 15) is 18.0 Å². The molecule has 1 unspecified atom stereocenters. The van der Waals surface area contributed by atoms with Crippen LogP contribution in [0.4, 0.5) is 11.4 Å². The molecule has 2 heterocycles. The standard InChI is InChI=1S/C24H29N3O4S/c1-17-9-11-20(32(30,31)27-13-5-2-6-14-27)16-22(17)25-23(28)12-10-19-15-18-7-3-4-8-21(18)26-24(19)29/h3-4,7-9,11,16,19H,2,5-6,10,12-15H2,1H3,(H,25,28)(H,26,29). The summed E-state index contributed by atoms with van der Waals surface area (Å²) < 4.78 is 27.5. The molecule has 1 atom stereocenters. The Morgan fingerprint density at radius 1 is 1.12 bits per heavy atom. The molecule has 2 aromatic carbocycles. The summed E-state index contributed by atoms with van der Waals surface area (Å²) in [6, 6.07) is 12.5. The van der Waals surface area contributed by atoms with Gasteiger partial charge in [0.05, 0.1) is 4.90 Å². The number of anilines is 2. The van der Waals surface area contributed by atoms with Gasteiger partial charge in [-0.15, -0.1) is 0 Å². The molecule has 170 valence electrons. The van der Waals surface area contributed by atoms with Gasteiger partial charge in [-0.2, -0.15) is 4.31 Å². The largest absolute Gasteiger partial charge is 0.326 e. The number of fused-ring (bicyclic) bond motifs is 1. The van der Waals surface area contributed by atoms with Crippen molar-refractivity contribution in [2.75, 3.05) is 23.7 Å². The summed E-state index contributed by atoms with van der Waals surface area (Å²) in [6.45, 7) is 2.90. The van der Waals surface area contributed by atoms with Crippen LogP contribution < -0.4 is 10.6 Å². The van der Waals surface area contributed by atoms with Crippen LogP contribution in [-0.2, 0) is 26.0 Å². The molecule has 2 aliphatic rings. The van der Waals surface area contributed by atoms with Crippen LogP contribution in [0.25, 0.3) is 0 Å². The van der Waals surface area contributed by atoms with E-state index >= 15 is 0 Å². The predicted molar refractivity (Wildman–Crippen MR) is 124 cm³/mol. The van der Waals surface area contributed by atoms with Crippen LogP contribution in [-0.4, -0.2) is 37.6 Å². The third-order valence-corrected chi connectivity index (χ3v) is 8.16. The number of carbonyl (C=O) groups excluding carboxylic acids is 2. The van der Waals surface area contributed by atoms with E-state index in [0.717, 1.165) is 36.1 Å². The van der Waals surface area contributed by atoms with Gasteiger partial charge in [-0.05, 0) is 61.9 Å². The fourth-order valence-corrected chi connectivity index (χ4v) is 5.86. The van der Waals surface area contributed by atoms with Gasteiger partial charge in [-0.25, -0.2) is 8.42 Å². The van der Waals surface area contributed by atoms with E-state index in [1.807, 2.05) is 31.2 Å². The second kappa shape index (κ2) is 9.42. The van der Waals surface area contributed by atoms with E-state index in [2.05, 4.69) is 10.6 Å². The summed E-state index contributed by atoms with van der Waals surface area (Å²) in [4.78, 5) is 25.2. The molecular weight excluding hydrogens is 426 g/mol. The zero-order valence-corrected chi connectivity index (χ0v) is 19.1. The lowest BCUT2D eigenvalue weighted by Crippen LogP contribution is -2.35. The molecule has 1 fully saturated rings. The van der Waals surface area contributed by atoms with Crippen LogP contribution in [0.3, 0.4) is 0 Å². The van der Waals surface area contributed by atoms with Crippen molar-refractivity contribution in [2.24, 2.45) is 5.92 Å². The molecule has 0 radical (unpaired) electrons. The van der Waals surface area contributed by atoms with Crippen LogP contribution in [0, 0.1) is 12.8 Å². The first kappa shape index (κ1) is 22.5. The van der Waals surface area contributed by atoms with E-state index in [1.54, 1.807) is 18.2 Å². The van der Waals surface area contributed by atoms with Gasteiger partial charge in [0, 0.05) is 36.8 Å². The SMILES string of the molecule is Cc1ccc(S(=O)(=O)N2CCCCC2)cc1NC(=O)CCC1Cc2ccccc2NC1=O. The Morgan fingerprint density at radius 3 is 2.66 bits per heavy atom. The Balaban J connectivity index is 1.40. The van der Waals surface area contributed by atoms with E-state index in [4.69, 9.17) is 0 Å². The zero-order chi connectivity index (χ0) is 22.7. The highest BCUT2D eigenvalue weighted by Gasteiger charge is 2.28. The van der Waals surface area contributed by atoms with Crippen molar-refractivity contribution in [3.05, 3.63) is 53.6 Å². The Morgan fingerprint density at radius 2 is 1.88 bits per heavy atom. The topological polar surface area (TPSA) is 95.6 Å². The second-order valence-corrected chi connectivity index (χ2v) is 10.5. The highest BCUT2D eigenvalue weighted by molar-refractivity contribution is 7.89. The molecule has 2 N–H and O–H groups in total. The lowest BCUT2D eigenvalue weighted by atomic mass is 9.89. The summed E-state index contributed by atoms with van der Waals surface area (Å²) in [5, 5.41) is 5.75. The summed E-state index contributed by atoms with van der Waals surface area (Å²) in [5.41, 5.74) is 3.19. The minimum absolute atomic E-state index is 0.0673. The maximum atomic E-state index is 13.0. The number of para-hydroxylation sites is 1. The monoisotopic (exact) mass is 455 g/mol. The number of nitrogens with one attached hydrogen (secondary N) is 2. The fourth-order valence-electron chi connectivity index (χ4n) is 4.31. The summed E-state index contributed by atoms with van der Waals surface area (Å²) in [6.07, 6.45) is 4.01. The van der Waals surface area contributed by atoms with Gasteiger partial charge in [-0.3, -0.25) is 9.59 Å². The molecule has 4 rings (SSSR count). The van der Waals surface area contributed by atoms with Gasteiger partial charge >= 0.3 is 0 Å². The number of benzene rings is 2. The first-order valence-electron chi connectivity index (χ1n) is 11.1. The van der Waals surface area contributed by atoms with Gasteiger partial charge in [0.25, 0.3) is 0 Å². The highest BCUT2D eigenvalue weighted by Crippen LogP contribution is 2.28. The van der Waals surface area contributed by atoms with Crippen LogP contribution in [0.2, 0.25) is 0 Å². The normalized spacial score (nSPS) is 19.2. The van der Waals surface area contributed by atoms with Crippen molar-refractivity contribution >= 4 is 33.2 Å². The average Bonchev–Trinajstić information content (AvgIpc) is 2.79. The lowest BCUT2D eigenvalue weighted by Gasteiger charge is -2.26. The smallest absolute Gasteiger partial charge is 0.243 e. The number of carbonyl (C=O) groups is 2. The number of hydrogen-bond acceptors (Lipinski definition) is 4. The first-order valence-corrected chi connectivity index (χ1v) is 12.6. The van der Waals surface area contributed by atoms with Gasteiger partial charge in [-0.1, -0.05) is 30.7 Å². The van der Waals surface area contributed by atoms with Crippen molar-refractivity contribution in [1.29, 1.82) is 0 Å². The molecule has 0 saturated carbocycles. The Labute approximate surface area is 189 Å². The molecule has 8 heteroatoms. The number of piperidine rings is 1. The number of rotatable bonds is 6. The van der Waals surface area contributed by atoms with E-state index in [-0.39, 0.29) is 29.0 Å². The first-order chi connectivity index (χ1) is 15.3. The van der Waals surface area contributed by atoms with Gasteiger partial charge in [0.15, 0.2) is 0 Å². The van der Waals surface area contributed by atoms with Crippen LogP contribution in [0.15, 0.2) is 47.4 Å². The number of sulfonamides is 1. The lowest BCUT2D eigenvalue weighted by molar-refractivity contribution is -0.121. The Kier molecular flexibility index (Phi) is 6.62. The molecule has 0 aromatic heterocycles. The van der Waals surface area contributed by atoms with Crippen LogP contribution >= 0.6 is 0 Å². The molecule has 0 spiro atoms. The maximum Gasteiger partial charge on any atom is 0.243 e. The van der Waals surface area contributed by atoms with E-state index < -0.39 is 10.0 Å². The molecule has 2 amide bonds. The van der Waals surface area contributed by atoms with E-state index in [1.165, 1.54) is 4.31 Å². The quantitative estimate of drug-likeness (QED) is 0.694.